The molecule has 1 N–H and O–H groups in total. The molecular weight excluding hydrogens is 230 g/mol. The fourth-order valence-corrected chi connectivity index (χ4v) is 2.54. The van der Waals surface area contributed by atoms with Crippen LogP contribution in [0.1, 0.15) is 29.6 Å². The van der Waals surface area contributed by atoms with Crippen molar-refractivity contribution >= 4 is 34.1 Å². The second-order valence-corrected chi connectivity index (χ2v) is 4.32. The van der Waals surface area contributed by atoms with Crippen molar-refractivity contribution in [1.82, 2.24) is 0 Å². The minimum atomic E-state index is -1.12. The van der Waals surface area contributed by atoms with Crippen molar-refractivity contribution in [2.75, 3.05) is 4.90 Å². The molecule has 0 unspecified atom stereocenters. The number of imide groups is 1. The predicted octanol–water partition coefficient (Wildman–Crippen LogP) is 1.49. The number of carbonyl (C=O) groups excluding carboxylic acids is 2. The Kier molecular flexibility index (Phi) is 2.74. The van der Waals surface area contributed by atoms with E-state index in [1.807, 2.05) is 0 Å². The van der Waals surface area contributed by atoms with E-state index in [9.17, 15) is 14.4 Å². The molecular formula is C10H9NO4S. The van der Waals surface area contributed by atoms with Crippen molar-refractivity contribution in [1.29, 1.82) is 0 Å². The molecule has 2 amide bonds. The maximum atomic E-state index is 11.6. The Hall–Kier alpha value is -1.69. The number of carboxylic acid groups (broad SMARTS) is 1. The van der Waals surface area contributed by atoms with Crippen LogP contribution in [0, 0.1) is 0 Å². The highest BCUT2D eigenvalue weighted by atomic mass is 32.1. The van der Waals surface area contributed by atoms with E-state index in [0.29, 0.717) is 19.3 Å². The number of piperidine rings is 1. The summed E-state index contributed by atoms with van der Waals surface area (Å²) in [6.45, 7) is 0. The lowest BCUT2D eigenvalue weighted by molar-refractivity contribution is -0.128. The topological polar surface area (TPSA) is 74.7 Å². The Morgan fingerprint density at radius 3 is 2.50 bits per heavy atom. The summed E-state index contributed by atoms with van der Waals surface area (Å²) < 4.78 is 0. The molecule has 84 valence electrons. The predicted molar refractivity (Wildman–Crippen MR) is 57.6 cm³/mol. The average molecular weight is 239 g/mol. The molecule has 0 bridgehead atoms. The first-order valence-electron chi connectivity index (χ1n) is 4.78. The minimum Gasteiger partial charge on any atom is -0.478 e. The van der Waals surface area contributed by atoms with Gasteiger partial charge in [0, 0.05) is 12.8 Å². The van der Waals surface area contributed by atoms with Crippen LogP contribution in [0.5, 0.6) is 0 Å². The molecule has 16 heavy (non-hydrogen) atoms. The summed E-state index contributed by atoms with van der Waals surface area (Å²) in [4.78, 5) is 35.1. The number of rotatable bonds is 2. The van der Waals surface area contributed by atoms with Crippen LogP contribution in [0.3, 0.4) is 0 Å². The van der Waals surface area contributed by atoms with Gasteiger partial charge in [0.15, 0.2) is 0 Å². The van der Waals surface area contributed by atoms with Gasteiger partial charge in [-0.15, -0.1) is 11.3 Å². The first-order valence-corrected chi connectivity index (χ1v) is 5.66. The molecule has 2 heterocycles. The highest BCUT2D eigenvalue weighted by molar-refractivity contribution is 7.15. The number of aromatic carboxylic acids is 1. The van der Waals surface area contributed by atoms with Crippen molar-refractivity contribution in [3.05, 3.63) is 17.0 Å². The third-order valence-electron chi connectivity index (χ3n) is 2.36. The van der Waals surface area contributed by atoms with Crippen LogP contribution in [-0.2, 0) is 9.59 Å². The molecule has 1 aliphatic heterocycles. The number of nitrogens with zero attached hydrogens (tertiary/aromatic N) is 1. The molecule has 0 radical (unpaired) electrons. The second kappa shape index (κ2) is 4.05. The van der Waals surface area contributed by atoms with Crippen LogP contribution in [0.2, 0.25) is 0 Å². The van der Waals surface area contributed by atoms with Crippen LogP contribution < -0.4 is 4.90 Å². The van der Waals surface area contributed by atoms with Crippen molar-refractivity contribution in [2.45, 2.75) is 19.3 Å². The van der Waals surface area contributed by atoms with E-state index in [2.05, 4.69) is 0 Å². The summed E-state index contributed by atoms with van der Waals surface area (Å²) in [6, 6.07) is 1.40. The van der Waals surface area contributed by atoms with E-state index < -0.39 is 5.97 Å². The lowest BCUT2D eigenvalue weighted by Gasteiger charge is -2.23. The van der Waals surface area contributed by atoms with Crippen LogP contribution in [-0.4, -0.2) is 22.9 Å². The van der Waals surface area contributed by atoms with Gasteiger partial charge in [0.25, 0.3) is 0 Å². The number of hydrogen-bond acceptors (Lipinski definition) is 4. The van der Waals surface area contributed by atoms with Gasteiger partial charge < -0.3 is 5.11 Å². The minimum absolute atomic E-state index is 0.00796. The summed E-state index contributed by atoms with van der Waals surface area (Å²) in [5.74, 6) is -1.76. The number of amides is 2. The summed E-state index contributed by atoms with van der Waals surface area (Å²) in [6.07, 6.45) is 1.13. The molecule has 0 spiro atoms. The molecule has 0 saturated carbocycles. The zero-order valence-corrected chi connectivity index (χ0v) is 9.12. The van der Waals surface area contributed by atoms with Crippen molar-refractivity contribution < 1.29 is 19.5 Å². The van der Waals surface area contributed by atoms with Crippen LogP contribution in [0.15, 0.2) is 11.4 Å². The number of hydrogen-bond donors (Lipinski definition) is 1. The van der Waals surface area contributed by atoms with Gasteiger partial charge in [-0.2, -0.15) is 0 Å². The molecule has 5 nitrogen and oxygen atoms in total. The molecule has 0 aliphatic carbocycles. The third kappa shape index (κ3) is 1.71. The van der Waals surface area contributed by atoms with Gasteiger partial charge in [0.05, 0.1) is 5.56 Å². The Balaban J connectivity index is 2.42. The van der Waals surface area contributed by atoms with Gasteiger partial charge in [0.2, 0.25) is 11.8 Å². The van der Waals surface area contributed by atoms with Gasteiger partial charge in [-0.1, -0.05) is 0 Å². The van der Waals surface area contributed by atoms with Crippen LogP contribution in [0.4, 0.5) is 5.00 Å². The van der Waals surface area contributed by atoms with E-state index in [1.165, 1.54) is 6.07 Å². The lowest BCUT2D eigenvalue weighted by atomic mass is 10.1. The Morgan fingerprint density at radius 1 is 1.31 bits per heavy atom. The highest BCUT2D eigenvalue weighted by Crippen LogP contribution is 2.31. The van der Waals surface area contributed by atoms with Crippen LogP contribution in [0.25, 0.3) is 0 Å². The molecule has 2 rings (SSSR count). The third-order valence-corrected chi connectivity index (χ3v) is 3.26. The van der Waals surface area contributed by atoms with E-state index in [1.54, 1.807) is 5.38 Å². The first-order chi connectivity index (χ1) is 7.61. The summed E-state index contributed by atoms with van der Waals surface area (Å²) in [5, 5.41) is 10.7. The zero-order chi connectivity index (χ0) is 11.7. The molecule has 1 fully saturated rings. The Bertz CT molecular complexity index is 449. The van der Waals surface area contributed by atoms with E-state index >= 15 is 0 Å². The zero-order valence-electron chi connectivity index (χ0n) is 8.30. The lowest BCUT2D eigenvalue weighted by Crippen LogP contribution is -2.40. The summed E-state index contributed by atoms with van der Waals surface area (Å²) in [5.41, 5.74) is 0.00796. The van der Waals surface area contributed by atoms with Crippen molar-refractivity contribution in [3.63, 3.8) is 0 Å². The molecule has 6 heteroatoms. The average Bonchev–Trinajstić information content (AvgIpc) is 2.66. The monoisotopic (exact) mass is 239 g/mol. The van der Waals surface area contributed by atoms with E-state index in [4.69, 9.17) is 5.11 Å². The molecule has 0 aromatic carbocycles. The van der Waals surface area contributed by atoms with E-state index in [0.717, 1.165) is 16.2 Å². The van der Waals surface area contributed by atoms with Crippen molar-refractivity contribution in [3.8, 4) is 0 Å². The van der Waals surface area contributed by atoms with Gasteiger partial charge in [-0.3, -0.25) is 9.59 Å². The largest absolute Gasteiger partial charge is 0.478 e. The van der Waals surface area contributed by atoms with Crippen molar-refractivity contribution in [2.24, 2.45) is 0 Å². The smallest absolute Gasteiger partial charge is 0.338 e. The van der Waals surface area contributed by atoms with Gasteiger partial charge >= 0.3 is 5.97 Å². The fraction of sp³-hybridized carbons (Fsp3) is 0.300. The maximum absolute atomic E-state index is 11.6. The SMILES string of the molecule is O=C(O)c1ccsc1N1C(=O)CCCC1=O. The normalized spacial score (nSPS) is 16.6. The fourth-order valence-electron chi connectivity index (χ4n) is 1.62. The quantitative estimate of drug-likeness (QED) is 0.793. The molecule has 1 aromatic rings. The Labute approximate surface area is 95.3 Å². The standard InChI is InChI=1S/C10H9NO4S/c12-7-2-1-3-8(13)11(7)9-6(10(14)15)4-5-16-9/h4-5H,1-3H2,(H,14,15). The maximum Gasteiger partial charge on any atom is 0.338 e. The highest BCUT2D eigenvalue weighted by Gasteiger charge is 2.31. The number of carboxylic acids is 1. The second-order valence-electron chi connectivity index (χ2n) is 3.42. The van der Waals surface area contributed by atoms with Crippen LogP contribution >= 0.6 is 11.3 Å². The molecule has 1 saturated heterocycles. The Morgan fingerprint density at radius 2 is 1.94 bits per heavy atom. The number of carbonyl (C=O) groups is 3. The van der Waals surface area contributed by atoms with Gasteiger partial charge in [-0.25, -0.2) is 9.69 Å². The summed E-state index contributed by atoms with van der Waals surface area (Å²) >= 11 is 1.10. The molecule has 1 aromatic heterocycles. The number of thiophene rings is 1. The van der Waals surface area contributed by atoms with E-state index in [-0.39, 0.29) is 22.4 Å². The summed E-state index contributed by atoms with van der Waals surface area (Å²) in [7, 11) is 0. The number of anilines is 1. The van der Waals surface area contributed by atoms with Gasteiger partial charge in [0.1, 0.15) is 5.00 Å². The van der Waals surface area contributed by atoms with Gasteiger partial charge in [-0.05, 0) is 17.9 Å². The molecule has 1 aliphatic rings. The molecule has 0 atom stereocenters. The first kappa shape index (κ1) is 10.8.